The van der Waals surface area contributed by atoms with Gasteiger partial charge < -0.3 is 19.5 Å². The lowest BCUT2D eigenvalue weighted by molar-refractivity contribution is -0.119. The van der Waals surface area contributed by atoms with E-state index in [1.165, 1.54) is 0 Å². The molecule has 32 heavy (non-hydrogen) atoms. The van der Waals surface area contributed by atoms with Crippen molar-refractivity contribution < 1.29 is 19.0 Å². The first-order chi connectivity index (χ1) is 15.5. The Morgan fingerprint density at radius 2 is 1.94 bits per heavy atom. The van der Waals surface area contributed by atoms with E-state index in [-0.39, 0.29) is 11.7 Å². The lowest BCUT2D eigenvalue weighted by Crippen LogP contribution is -2.06. The first-order valence-corrected chi connectivity index (χ1v) is 11.1. The van der Waals surface area contributed by atoms with E-state index in [0.29, 0.717) is 40.0 Å². The Hall–Kier alpha value is -3.13. The third-order valence-electron chi connectivity index (χ3n) is 5.21. The van der Waals surface area contributed by atoms with Crippen LogP contribution in [0.1, 0.15) is 24.0 Å². The zero-order chi connectivity index (χ0) is 22.7. The van der Waals surface area contributed by atoms with Crippen molar-refractivity contribution in [3.05, 3.63) is 58.2 Å². The summed E-state index contributed by atoms with van der Waals surface area (Å²) in [7, 11) is 3.20. The Morgan fingerprint density at radius 1 is 1.16 bits per heavy atom. The molecule has 8 heteroatoms. The van der Waals surface area contributed by atoms with Crippen molar-refractivity contribution in [2.75, 3.05) is 19.5 Å². The quantitative estimate of drug-likeness (QED) is 0.410. The highest BCUT2D eigenvalue weighted by molar-refractivity contribution is 9.10. The summed E-state index contributed by atoms with van der Waals surface area (Å²) in [6.45, 7) is 1.93. The number of methoxy groups -OCH3 is 2. The average molecular weight is 498 g/mol. The summed E-state index contributed by atoms with van der Waals surface area (Å²) in [5.74, 6) is 3.07. The molecular formula is C24H24BrN3O4. The smallest absolute Gasteiger partial charge is 0.238 e. The Bertz CT molecular complexity index is 1150. The first kappa shape index (κ1) is 22.1. The van der Waals surface area contributed by atoms with Gasteiger partial charge in [-0.25, -0.2) is 4.98 Å². The summed E-state index contributed by atoms with van der Waals surface area (Å²) in [6.07, 6.45) is 3.96. The van der Waals surface area contributed by atoms with Crippen molar-refractivity contribution in [1.82, 2.24) is 9.97 Å². The highest BCUT2D eigenvalue weighted by atomic mass is 79.9. The molecule has 0 spiro atoms. The fourth-order valence-corrected chi connectivity index (χ4v) is 3.70. The van der Waals surface area contributed by atoms with Crippen molar-refractivity contribution in [2.24, 2.45) is 5.92 Å². The van der Waals surface area contributed by atoms with E-state index in [9.17, 15) is 4.79 Å². The molecule has 0 radical (unpaired) electrons. The second-order valence-electron chi connectivity index (χ2n) is 7.63. The molecule has 166 valence electrons. The fourth-order valence-electron chi connectivity index (χ4n) is 3.43. The summed E-state index contributed by atoms with van der Waals surface area (Å²) < 4.78 is 17.5. The second-order valence-corrected chi connectivity index (χ2v) is 8.48. The number of carbonyl (C=O) groups is 1. The number of aromatic nitrogens is 2. The van der Waals surface area contributed by atoms with Gasteiger partial charge in [0.05, 0.1) is 24.9 Å². The van der Waals surface area contributed by atoms with E-state index in [1.54, 1.807) is 20.4 Å². The van der Waals surface area contributed by atoms with E-state index in [2.05, 4.69) is 31.2 Å². The number of halogens is 1. The minimum atomic E-state index is 0.203. The fraction of sp³-hybridized carbons (Fsp3) is 0.292. The van der Waals surface area contributed by atoms with Crippen LogP contribution in [0.2, 0.25) is 0 Å². The molecular weight excluding hydrogens is 474 g/mol. The van der Waals surface area contributed by atoms with Gasteiger partial charge in [-0.1, -0.05) is 18.2 Å². The maximum atomic E-state index is 12.3. The number of rotatable bonds is 9. The van der Waals surface area contributed by atoms with E-state index < -0.39 is 0 Å². The molecule has 1 aromatic heterocycles. The predicted molar refractivity (Wildman–Crippen MR) is 125 cm³/mol. The molecule has 1 aliphatic rings. The minimum absolute atomic E-state index is 0.203. The maximum absolute atomic E-state index is 12.3. The van der Waals surface area contributed by atoms with Crippen molar-refractivity contribution in [3.63, 3.8) is 0 Å². The molecule has 1 heterocycles. The average Bonchev–Trinajstić information content (AvgIpc) is 3.62. The Labute approximate surface area is 195 Å². The van der Waals surface area contributed by atoms with E-state index in [0.717, 1.165) is 29.7 Å². The first-order valence-electron chi connectivity index (χ1n) is 10.3. The number of para-hydroxylation sites is 1. The zero-order valence-electron chi connectivity index (χ0n) is 18.1. The highest BCUT2D eigenvalue weighted by Crippen LogP contribution is 2.36. The normalized spacial score (nSPS) is 12.9. The third kappa shape index (κ3) is 5.02. The highest BCUT2D eigenvalue weighted by Gasteiger charge is 2.29. The number of nitrogens with one attached hydrogen (secondary N) is 1. The van der Waals surface area contributed by atoms with Gasteiger partial charge in [-0.3, -0.25) is 4.79 Å². The van der Waals surface area contributed by atoms with Crippen LogP contribution < -0.4 is 19.5 Å². The topological polar surface area (TPSA) is 82.6 Å². The van der Waals surface area contributed by atoms with Crippen LogP contribution in [0.3, 0.4) is 0 Å². The summed E-state index contributed by atoms with van der Waals surface area (Å²) in [5.41, 5.74) is 2.51. The summed E-state index contributed by atoms with van der Waals surface area (Å²) in [6, 6.07) is 11.3. The SMILES string of the molecule is COc1cc(Nc2ncc(Br)c(Oc3ccccc3CC(=O)C3CC3)n2)cc(C)c1OC. The van der Waals surface area contributed by atoms with Gasteiger partial charge in [-0.2, -0.15) is 4.98 Å². The van der Waals surface area contributed by atoms with Gasteiger partial charge in [0.15, 0.2) is 11.5 Å². The molecule has 0 saturated heterocycles. The van der Waals surface area contributed by atoms with E-state index in [4.69, 9.17) is 14.2 Å². The van der Waals surface area contributed by atoms with Crippen LogP contribution in [0, 0.1) is 12.8 Å². The standard InChI is InChI=1S/C24H24BrN3O4/c1-14-10-17(12-21(30-2)22(14)31-3)27-24-26-13-18(25)23(28-24)32-20-7-5-4-6-16(20)11-19(29)15-8-9-15/h4-7,10,12-13,15H,8-9,11H2,1-3H3,(H,26,27,28). The summed E-state index contributed by atoms with van der Waals surface area (Å²) >= 11 is 3.45. The number of Topliss-reactive ketones (excluding diaryl/α,β-unsaturated/α-hetero) is 1. The lowest BCUT2D eigenvalue weighted by atomic mass is 10.1. The molecule has 4 rings (SSSR count). The van der Waals surface area contributed by atoms with Gasteiger partial charge in [0.1, 0.15) is 11.5 Å². The van der Waals surface area contributed by atoms with Crippen LogP contribution in [0.4, 0.5) is 11.6 Å². The van der Waals surface area contributed by atoms with Crippen LogP contribution in [-0.2, 0) is 11.2 Å². The molecule has 1 N–H and O–H groups in total. The second kappa shape index (κ2) is 9.56. The van der Waals surface area contributed by atoms with Crippen LogP contribution in [0.5, 0.6) is 23.1 Å². The lowest BCUT2D eigenvalue weighted by Gasteiger charge is -2.14. The van der Waals surface area contributed by atoms with Gasteiger partial charge in [0.2, 0.25) is 11.8 Å². The van der Waals surface area contributed by atoms with Crippen molar-refractivity contribution in [2.45, 2.75) is 26.2 Å². The molecule has 7 nitrogen and oxygen atoms in total. The van der Waals surface area contributed by atoms with Gasteiger partial charge in [-0.05, 0) is 53.4 Å². The van der Waals surface area contributed by atoms with Gasteiger partial charge in [-0.15, -0.1) is 0 Å². The Morgan fingerprint density at radius 3 is 2.66 bits per heavy atom. The largest absolute Gasteiger partial charge is 0.493 e. The molecule has 0 amide bonds. The van der Waals surface area contributed by atoms with Crippen molar-refractivity contribution in [1.29, 1.82) is 0 Å². The molecule has 1 saturated carbocycles. The molecule has 0 unspecified atom stereocenters. The molecule has 0 atom stereocenters. The van der Waals surface area contributed by atoms with Gasteiger partial charge in [0, 0.05) is 29.7 Å². The number of aryl methyl sites for hydroxylation is 1. The number of ether oxygens (including phenoxy) is 3. The third-order valence-corrected chi connectivity index (χ3v) is 5.75. The van der Waals surface area contributed by atoms with Gasteiger partial charge in [0.25, 0.3) is 0 Å². The monoisotopic (exact) mass is 497 g/mol. The van der Waals surface area contributed by atoms with Crippen LogP contribution in [0.15, 0.2) is 47.1 Å². The van der Waals surface area contributed by atoms with Crippen LogP contribution >= 0.6 is 15.9 Å². The molecule has 3 aromatic rings. The minimum Gasteiger partial charge on any atom is -0.493 e. The van der Waals surface area contributed by atoms with E-state index in [1.807, 2.05) is 43.3 Å². The number of nitrogens with zero attached hydrogens (tertiary/aromatic N) is 2. The van der Waals surface area contributed by atoms with Crippen molar-refractivity contribution >= 4 is 33.3 Å². The summed E-state index contributed by atoms with van der Waals surface area (Å²) in [5, 5.41) is 3.18. The molecule has 2 aromatic carbocycles. The Balaban J connectivity index is 1.57. The molecule has 1 fully saturated rings. The van der Waals surface area contributed by atoms with Gasteiger partial charge >= 0.3 is 0 Å². The molecule has 1 aliphatic carbocycles. The maximum Gasteiger partial charge on any atom is 0.238 e. The molecule has 0 aliphatic heterocycles. The Kier molecular flexibility index (Phi) is 6.60. The number of carbonyl (C=O) groups excluding carboxylic acids is 1. The zero-order valence-corrected chi connectivity index (χ0v) is 19.7. The predicted octanol–water partition coefficient (Wildman–Crippen LogP) is 5.62. The molecule has 0 bridgehead atoms. The number of benzene rings is 2. The number of hydrogen-bond donors (Lipinski definition) is 1. The number of anilines is 2. The van der Waals surface area contributed by atoms with Crippen LogP contribution in [0.25, 0.3) is 0 Å². The summed E-state index contributed by atoms with van der Waals surface area (Å²) in [4.78, 5) is 21.2. The number of hydrogen-bond acceptors (Lipinski definition) is 7. The van der Waals surface area contributed by atoms with E-state index >= 15 is 0 Å². The van der Waals surface area contributed by atoms with Crippen LogP contribution in [-0.4, -0.2) is 30.0 Å². The number of ketones is 1. The van der Waals surface area contributed by atoms with Crippen molar-refractivity contribution in [3.8, 4) is 23.1 Å².